The zero-order valence-corrected chi connectivity index (χ0v) is 10.1. The van der Waals surface area contributed by atoms with Crippen molar-refractivity contribution in [2.75, 3.05) is 18.0 Å². The minimum absolute atomic E-state index is 0.160. The molecule has 0 bridgehead atoms. The summed E-state index contributed by atoms with van der Waals surface area (Å²) in [6.07, 6.45) is 5.31. The number of aromatic nitrogens is 2. The van der Waals surface area contributed by atoms with Crippen LogP contribution in [0.3, 0.4) is 0 Å². The molecule has 0 spiro atoms. The third kappa shape index (κ3) is 2.50. The van der Waals surface area contributed by atoms with Crippen LogP contribution in [0.4, 0.5) is 5.82 Å². The molecule has 2 heterocycles. The summed E-state index contributed by atoms with van der Waals surface area (Å²) in [5, 5.41) is 0. The van der Waals surface area contributed by atoms with Gasteiger partial charge in [0, 0.05) is 30.9 Å². The number of aryl methyl sites for hydroxylation is 1. The van der Waals surface area contributed by atoms with Crippen LogP contribution in [0.15, 0.2) is 6.20 Å². The monoisotopic (exact) mass is 220 g/mol. The van der Waals surface area contributed by atoms with E-state index in [1.807, 2.05) is 20.0 Å². The minimum atomic E-state index is 0.160. The SMILES string of the molecule is Cc1ncc(CC(C)N)c(N2CCCC2)n1. The van der Waals surface area contributed by atoms with Gasteiger partial charge in [0.25, 0.3) is 0 Å². The lowest BCUT2D eigenvalue weighted by molar-refractivity contribution is 0.725. The molecule has 4 heteroatoms. The van der Waals surface area contributed by atoms with E-state index in [4.69, 9.17) is 5.73 Å². The van der Waals surface area contributed by atoms with Crippen LogP contribution in [0.1, 0.15) is 31.2 Å². The number of hydrogen-bond acceptors (Lipinski definition) is 4. The van der Waals surface area contributed by atoms with Gasteiger partial charge in [-0.05, 0) is 33.1 Å². The van der Waals surface area contributed by atoms with Crippen molar-refractivity contribution in [1.29, 1.82) is 0 Å². The van der Waals surface area contributed by atoms with E-state index >= 15 is 0 Å². The number of rotatable bonds is 3. The van der Waals surface area contributed by atoms with Gasteiger partial charge in [0.05, 0.1) is 0 Å². The van der Waals surface area contributed by atoms with E-state index in [0.29, 0.717) is 0 Å². The van der Waals surface area contributed by atoms with Crippen LogP contribution in [-0.4, -0.2) is 29.1 Å². The van der Waals surface area contributed by atoms with Gasteiger partial charge in [0.1, 0.15) is 11.6 Å². The Hall–Kier alpha value is -1.16. The van der Waals surface area contributed by atoms with Crippen molar-refractivity contribution in [1.82, 2.24) is 9.97 Å². The van der Waals surface area contributed by atoms with Crippen LogP contribution >= 0.6 is 0 Å². The maximum atomic E-state index is 5.86. The summed E-state index contributed by atoms with van der Waals surface area (Å²) < 4.78 is 0. The average Bonchev–Trinajstić information content (AvgIpc) is 2.73. The van der Waals surface area contributed by atoms with Gasteiger partial charge < -0.3 is 10.6 Å². The van der Waals surface area contributed by atoms with Crippen molar-refractivity contribution in [2.45, 2.75) is 39.2 Å². The smallest absolute Gasteiger partial charge is 0.135 e. The highest BCUT2D eigenvalue weighted by molar-refractivity contribution is 5.47. The van der Waals surface area contributed by atoms with E-state index in [0.717, 1.165) is 31.2 Å². The Morgan fingerprint density at radius 3 is 2.75 bits per heavy atom. The van der Waals surface area contributed by atoms with Crippen LogP contribution in [0.2, 0.25) is 0 Å². The molecule has 0 aliphatic carbocycles. The van der Waals surface area contributed by atoms with Gasteiger partial charge >= 0.3 is 0 Å². The summed E-state index contributed by atoms with van der Waals surface area (Å²) in [4.78, 5) is 11.2. The van der Waals surface area contributed by atoms with Crippen molar-refractivity contribution >= 4 is 5.82 Å². The second kappa shape index (κ2) is 4.78. The quantitative estimate of drug-likeness (QED) is 0.833. The molecular weight excluding hydrogens is 200 g/mol. The molecule has 1 saturated heterocycles. The Morgan fingerprint density at radius 1 is 1.44 bits per heavy atom. The molecule has 1 unspecified atom stereocenters. The highest BCUT2D eigenvalue weighted by atomic mass is 15.2. The summed E-state index contributed by atoms with van der Waals surface area (Å²) in [5.41, 5.74) is 7.04. The summed E-state index contributed by atoms with van der Waals surface area (Å²) in [6, 6.07) is 0.160. The van der Waals surface area contributed by atoms with Crippen molar-refractivity contribution in [3.63, 3.8) is 0 Å². The Labute approximate surface area is 96.9 Å². The fraction of sp³-hybridized carbons (Fsp3) is 0.667. The van der Waals surface area contributed by atoms with E-state index < -0.39 is 0 Å². The van der Waals surface area contributed by atoms with Crippen LogP contribution in [-0.2, 0) is 6.42 Å². The predicted molar refractivity (Wildman–Crippen MR) is 65.6 cm³/mol. The van der Waals surface area contributed by atoms with Gasteiger partial charge in [0.2, 0.25) is 0 Å². The summed E-state index contributed by atoms with van der Waals surface area (Å²) in [7, 11) is 0. The first kappa shape index (κ1) is 11.3. The minimum Gasteiger partial charge on any atom is -0.356 e. The summed E-state index contributed by atoms with van der Waals surface area (Å²) >= 11 is 0. The molecule has 2 rings (SSSR count). The van der Waals surface area contributed by atoms with Crippen LogP contribution in [0.25, 0.3) is 0 Å². The Morgan fingerprint density at radius 2 is 2.12 bits per heavy atom. The van der Waals surface area contributed by atoms with E-state index in [1.165, 1.54) is 18.4 Å². The lowest BCUT2D eigenvalue weighted by atomic mass is 10.1. The van der Waals surface area contributed by atoms with Gasteiger partial charge in [-0.3, -0.25) is 0 Å². The van der Waals surface area contributed by atoms with Crippen molar-refractivity contribution in [3.05, 3.63) is 17.6 Å². The second-order valence-electron chi connectivity index (χ2n) is 4.64. The lowest BCUT2D eigenvalue weighted by Gasteiger charge is -2.20. The first-order valence-corrected chi connectivity index (χ1v) is 6.00. The number of nitrogens with two attached hydrogens (primary N) is 1. The summed E-state index contributed by atoms with van der Waals surface area (Å²) in [6.45, 7) is 6.19. The highest BCUT2D eigenvalue weighted by Crippen LogP contribution is 2.22. The molecule has 0 aromatic carbocycles. The largest absolute Gasteiger partial charge is 0.356 e. The molecule has 4 nitrogen and oxygen atoms in total. The fourth-order valence-electron chi connectivity index (χ4n) is 2.18. The van der Waals surface area contributed by atoms with Gasteiger partial charge in [0.15, 0.2) is 0 Å². The molecule has 2 N–H and O–H groups in total. The average molecular weight is 220 g/mol. The van der Waals surface area contributed by atoms with Crippen molar-refractivity contribution in [2.24, 2.45) is 5.73 Å². The molecule has 88 valence electrons. The fourth-order valence-corrected chi connectivity index (χ4v) is 2.18. The van der Waals surface area contributed by atoms with E-state index in [2.05, 4.69) is 14.9 Å². The zero-order chi connectivity index (χ0) is 11.5. The molecule has 0 amide bonds. The maximum absolute atomic E-state index is 5.86. The highest BCUT2D eigenvalue weighted by Gasteiger charge is 2.18. The van der Waals surface area contributed by atoms with E-state index in [1.54, 1.807) is 0 Å². The molecule has 1 aliphatic heterocycles. The van der Waals surface area contributed by atoms with Gasteiger partial charge in [-0.2, -0.15) is 0 Å². The van der Waals surface area contributed by atoms with Gasteiger partial charge in [-0.1, -0.05) is 0 Å². The molecule has 0 saturated carbocycles. The predicted octanol–water partition coefficient (Wildman–Crippen LogP) is 1.27. The normalized spacial score (nSPS) is 17.8. The number of nitrogens with zero attached hydrogens (tertiary/aromatic N) is 3. The zero-order valence-electron chi connectivity index (χ0n) is 10.1. The third-order valence-corrected chi connectivity index (χ3v) is 2.91. The van der Waals surface area contributed by atoms with Crippen LogP contribution in [0, 0.1) is 6.92 Å². The van der Waals surface area contributed by atoms with Gasteiger partial charge in [-0.15, -0.1) is 0 Å². The lowest BCUT2D eigenvalue weighted by Crippen LogP contribution is -2.24. The Bertz CT molecular complexity index is 356. The topological polar surface area (TPSA) is 55.0 Å². The number of anilines is 1. The molecular formula is C12H20N4. The first-order chi connectivity index (χ1) is 7.66. The number of hydrogen-bond donors (Lipinski definition) is 1. The molecule has 16 heavy (non-hydrogen) atoms. The second-order valence-corrected chi connectivity index (χ2v) is 4.64. The Balaban J connectivity index is 2.28. The summed E-state index contributed by atoms with van der Waals surface area (Å²) in [5.74, 6) is 1.94. The van der Waals surface area contributed by atoms with E-state index in [9.17, 15) is 0 Å². The molecule has 0 radical (unpaired) electrons. The third-order valence-electron chi connectivity index (χ3n) is 2.91. The first-order valence-electron chi connectivity index (χ1n) is 6.00. The van der Waals surface area contributed by atoms with Crippen molar-refractivity contribution < 1.29 is 0 Å². The van der Waals surface area contributed by atoms with Crippen LogP contribution < -0.4 is 10.6 Å². The molecule has 1 aliphatic rings. The molecule has 1 aromatic rings. The van der Waals surface area contributed by atoms with E-state index in [-0.39, 0.29) is 6.04 Å². The standard InChI is InChI=1S/C12H20N4/c1-9(13)7-11-8-14-10(2)15-12(11)16-5-3-4-6-16/h8-9H,3-7,13H2,1-2H3. The molecule has 1 aromatic heterocycles. The van der Waals surface area contributed by atoms with Crippen molar-refractivity contribution in [3.8, 4) is 0 Å². The molecule has 1 fully saturated rings. The molecule has 1 atom stereocenters. The van der Waals surface area contributed by atoms with Crippen LogP contribution in [0.5, 0.6) is 0 Å². The Kier molecular flexibility index (Phi) is 3.39. The van der Waals surface area contributed by atoms with Gasteiger partial charge in [-0.25, -0.2) is 9.97 Å². The maximum Gasteiger partial charge on any atom is 0.135 e.